The topological polar surface area (TPSA) is 110 Å². The number of nitrogens with two attached hydrogens (primary N) is 1. The second-order valence-electron chi connectivity index (χ2n) is 4.92. The zero-order chi connectivity index (χ0) is 14.5. The predicted molar refractivity (Wildman–Crippen MR) is 74.7 cm³/mol. The molecule has 0 saturated heterocycles. The van der Waals surface area contributed by atoms with Gasteiger partial charge in [-0.15, -0.1) is 0 Å². The van der Waals surface area contributed by atoms with E-state index in [4.69, 9.17) is 5.73 Å². The van der Waals surface area contributed by atoms with E-state index in [1.807, 2.05) is 0 Å². The van der Waals surface area contributed by atoms with Crippen LogP contribution in [-0.4, -0.2) is 25.8 Å². The number of carbonyl (C=O) groups is 1. The summed E-state index contributed by atoms with van der Waals surface area (Å²) in [5.74, 6) is 0.943. The number of imidazole rings is 1. The van der Waals surface area contributed by atoms with Crippen LogP contribution in [0.1, 0.15) is 35.9 Å². The molecule has 2 aromatic rings. The average molecular weight is 274 g/mol. The summed E-state index contributed by atoms with van der Waals surface area (Å²) in [7, 11) is 0. The Morgan fingerprint density at radius 1 is 1.45 bits per heavy atom. The molecule has 2 aromatic heterocycles. The molecule has 106 valence electrons. The van der Waals surface area contributed by atoms with Crippen LogP contribution in [0.2, 0.25) is 0 Å². The van der Waals surface area contributed by atoms with Crippen molar-refractivity contribution in [2.45, 2.75) is 26.8 Å². The SMILES string of the molecule is CC(C)Cc1cc(C(=O)NCc2ncc[nH]2)nc(N)n1. The van der Waals surface area contributed by atoms with E-state index in [9.17, 15) is 4.79 Å². The maximum Gasteiger partial charge on any atom is 0.270 e. The van der Waals surface area contributed by atoms with Crippen LogP contribution in [0.5, 0.6) is 0 Å². The van der Waals surface area contributed by atoms with Gasteiger partial charge in [0.25, 0.3) is 5.91 Å². The fourth-order valence-corrected chi connectivity index (χ4v) is 1.81. The number of hydrogen-bond acceptors (Lipinski definition) is 5. The lowest BCUT2D eigenvalue weighted by atomic mass is 10.1. The Balaban J connectivity index is 2.06. The van der Waals surface area contributed by atoms with Crippen molar-refractivity contribution in [1.29, 1.82) is 0 Å². The minimum absolute atomic E-state index is 0.117. The van der Waals surface area contributed by atoms with Gasteiger partial charge in [0, 0.05) is 18.1 Å². The Labute approximate surface area is 117 Å². The van der Waals surface area contributed by atoms with Crippen molar-refractivity contribution in [2.75, 3.05) is 5.73 Å². The van der Waals surface area contributed by atoms with Gasteiger partial charge in [-0.3, -0.25) is 4.79 Å². The summed E-state index contributed by atoms with van der Waals surface area (Å²) < 4.78 is 0. The van der Waals surface area contributed by atoms with Gasteiger partial charge in [-0.1, -0.05) is 13.8 Å². The van der Waals surface area contributed by atoms with Crippen molar-refractivity contribution < 1.29 is 4.79 Å². The molecule has 0 aliphatic heterocycles. The normalized spacial score (nSPS) is 10.8. The molecule has 0 aromatic carbocycles. The van der Waals surface area contributed by atoms with Crippen LogP contribution in [0.3, 0.4) is 0 Å². The van der Waals surface area contributed by atoms with E-state index in [-0.39, 0.29) is 17.5 Å². The van der Waals surface area contributed by atoms with Crippen LogP contribution in [0.25, 0.3) is 0 Å². The number of nitrogens with one attached hydrogen (secondary N) is 2. The van der Waals surface area contributed by atoms with Crippen molar-refractivity contribution in [2.24, 2.45) is 5.92 Å². The largest absolute Gasteiger partial charge is 0.368 e. The lowest BCUT2D eigenvalue weighted by molar-refractivity contribution is 0.0944. The third kappa shape index (κ3) is 3.78. The molecular formula is C13H18N6O. The molecule has 7 nitrogen and oxygen atoms in total. The van der Waals surface area contributed by atoms with Crippen molar-refractivity contribution >= 4 is 11.9 Å². The Morgan fingerprint density at radius 2 is 2.25 bits per heavy atom. The predicted octanol–water partition coefficient (Wildman–Crippen LogP) is 0.910. The highest BCUT2D eigenvalue weighted by atomic mass is 16.1. The summed E-state index contributed by atoms with van der Waals surface area (Å²) in [6, 6.07) is 1.67. The Bertz CT molecular complexity index is 579. The minimum Gasteiger partial charge on any atom is -0.368 e. The molecule has 0 bridgehead atoms. The molecular weight excluding hydrogens is 256 g/mol. The van der Waals surface area contributed by atoms with E-state index in [0.717, 1.165) is 12.1 Å². The number of nitrogens with zero attached hydrogens (tertiary/aromatic N) is 3. The highest BCUT2D eigenvalue weighted by molar-refractivity contribution is 5.92. The maximum atomic E-state index is 12.0. The van der Waals surface area contributed by atoms with Crippen LogP contribution in [0, 0.1) is 5.92 Å². The lowest BCUT2D eigenvalue weighted by Gasteiger charge is -2.08. The molecule has 0 aliphatic rings. The quantitative estimate of drug-likeness (QED) is 0.750. The molecule has 2 rings (SSSR count). The molecule has 0 atom stereocenters. The average Bonchev–Trinajstić information content (AvgIpc) is 2.87. The van der Waals surface area contributed by atoms with Gasteiger partial charge in [-0.25, -0.2) is 15.0 Å². The highest BCUT2D eigenvalue weighted by Crippen LogP contribution is 2.09. The summed E-state index contributed by atoms with van der Waals surface area (Å²) in [4.78, 5) is 27.1. The van der Waals surface area contributed by atoms with Crippen LogP contribution < -0.4 is 11.1 Å². The molecule has 7 heteroatoms. The first-order valence-electron chi connectivity index (χ1n) is 6.44. The number of aromatic nitrogens is 4. The van der Waals surface area contributed by atoms with Crippen LogP contribution >= 0.6 is 0 Å². The highest BCUT2D eigenvalue weighted by Gasteiger charge is 2.11. The molecule has 0 fully saturated rings. The van der Waals surface area contributed by atoms with Crippen molar-refractivity contribution in [3.63, 3.8) is 0 Å². The Hall–Kier alpha value is -2.44. The van der Waals surface area contributed by atoms with Gasteiger partial charge < -0.3 is 16.0 Å². The molecule has 20 heavy (non-hydrogen) atoms. The molecule has 0 radical (unpaired) electrons. The zero-order valence-corrected chi connectivity index (χ0v) is 11.6. The van der Waals surface area contributed by atoms with Gasteiger partial charge in [-0.2, -0.15) is 0 Å². The number of H-pyrrole nitrogens is 1. The first-order chi connectivity index (χ1) is 9.54. The summed E-state index contributed by atoms with van der Waals surface area (Å²) in [6.45, 7) is 4.47. The number of amides is 1. The number of carbonyl (C=O) groups excluding carboxylic acids is 1. The first-order valence-corrected chi connectivity index (χ1v) is 6.44. The van der Waals surface area contributed by atoms with Crippen molar-refractivity contribution in [1.82, 2.24) is 25.3 Å². The van der Waals surface area contributed by atoms with E-state index in [1.165, 1.54) is 0 Å². The second-order valence-corrected chi connectivity index (χ2v) is 4.92. The van der Waals surface area contributed by atoms with Gasteiger partial charge in [0.2, 0.25) is 5.95 Å². The van der Waals surface area contributed by atoms with E-state index in [2.05, 4.69) is 39.1 Å². The molecule has 4 N–H and O–H groups in total. The van der Waals surface area contributed by atoms with Crippen molar-refractivity contribution in [3.05, 3.63) is 35.7 Å². The van der Waals surface area contributed by atoms with Gasteiger partial charge in [-0.05, 0) is 18.4 Å². The number of rotatable bonds is 5. The molecule has 0 unspecified atom stereocenters. The van der Waals surface area contributed by atoms with Crippen LogP contribution in [-0.2, 0) is 13.0 Å². The van der Waals surface area contributed by atoms with Gasteiger partial charge in [0.15, 0.2) is 0 Å². The zero-order valence-electron chi connectivity index (χ0n) is 11.6. The molecule has 1 amide bonds. The third-order valence-electron chi connectivity index (χ3n) is 2.62. The summed E-state index contributed by atoms with van der Waals surface area (Å²) in [6.07, 6.45) is 4.08. The lowest BCUT2D eigenvalue weighted by Crippen LogP contribution is -2.25. The van der Waals surface area contributed by atoms with Gasteiger partial charge in [0.05, 0.1) is 6.54 Å². The first kappa shape index (κ1) is 14.0. The van der Waals surface area contributed by atoms with Gasteiger partial charge >= 0.3 is 0 Å². The molecule has 2 heterocycles. The van der Waals surface area contributed by atoms with E-state index in [1.54, 1.807) is 18.5 Å². The minimum atomic E-state index is -0.291. The standard InChI is InChI=1S/C13H18N6O/c1-8(2)5-9-6-10(19-13(14)18-9)12(20)17-7-11-15-3-4-16-11/h3-4,6,8H,5,7H2,1-2H3,(H,15,16)(H,17,20)(H2,14,18,19). The van der Waals surface area contributed by atoms with E-state index in [0.29, 0.717) is 18.3 Å². The number of hydrogen-bond donors (Lipinski definition) is 3. The number of aromatic amines is 1. The van der Waals surface area contributed by atoms with Crippen LogP contribution in [0.15, 0.2) is 18.5 Å². The van der Waals surface area contributed by atoms with E-state index >= 15 is 0 Å². The summed E-state index contributed by atoms with van der Waals surface area (Å²) >= 11 is 0. The monoisotopic (exact) mass is 274 g/mol. The van der Waals surface area contributed by atoms with Gasteiger partial charge in [0.1, 0.15) is 11.5 Å². The van der Waals surface area contributed by atoms with E-state index < -0.39 is 0 Å². The molecule has 0 saturated carbocycles. The summed E-state index contributed by atoms with van der Waals surface area (Å²) in [5, 5.41) is 2.73. The Morgan fingerprint density at radius 3 is 2.90 bits per heavy atom. The number of nitrogen functional groups attached to an aromatic ring is 1. The third-order valence-corrected chi connectivity index (χ3v) is 2.62. The molecule has 0 aliphatic carbocycles. The fourth-order valence-electron chi connectivity index (χ4n) is 1.81. The smallest absolute Gasteiger partial charge is 0.270 e. The Kier molecular flexibility index (Phi) is 4.29. The fraction of sp³-hybridized carbons (Fsp3) is 0.385. The summed E-state index contributed by atoms with van der Waals surface area (Å²) in [5.41, 5.74) is 6.69. The maximum absolute atomic E-state index is 12.0. The second kappa shape index (κ2) is 6.14. The number of anilines is 1. The molecule has 0 spiro atoms. The van der Waals surface area contributed by atoms with Crippen molar-refractivity contribution in [3.8, 4) is 0 Å². The van der Waals surface area contributed by atoms with Crippen LogP contribution in [0.4, 0.5) is 5.95 Å².